The lowest BCUT2D eigenvalue weighted by Crippen LogP contribution is -2.39. The molecule has 21 heavy (non-hydrogen) atoms. The lowest BCUT2D eigenvalue weighted by molar-refractivity contribution is -0.127. The lowest BCUT2D eigenvalue weighted by atomic mass is 10.2. The Kier molecular flexibility index (Phi) is 6.93. The predicted molar refractivity (Wildman–Crippen MR) is 88.9 cm³/mol. The fraction of sp³-hybridized carbons (Fsp3) is 0.588. The minimum Gasteiger partial charge on any atom is -0.481 e. The van der Waals surface area contributed by atoms with Gasteiger partial charge in [-0.2, -0.15) is 11.8 Å². The van der Waals surface area contributed by atoms with Gasteiger partial charge < -0.3 is 10.1 Å². The Morgan fingerprint density at radius 3 is 2.71 bits per heavy atom. The van der Waals surface area contributed by atoms with Crippen molar-refractivity contribution in [2.45, 2.75) is 50.4 Å². The zero-order valence-electron chi connectivity index (χ0n) is 12.7. The second-order valence-electron chi connectivity index (χ2n) is 5.40. The number of benzene rings is 1. The van der Waals surface area contributed by atoms with Gasteiger partial charge in [-0.3, -0.25) is 4.79 Å². The maximum absolute atomic E-state index is 12.1. The zero-order chi connectivity index (χ0) is 14.9. The highest BCUT2D eigenvalue weighted by molar-refractivity contribution is 7.99. The van der Waals surface area contributed by atoms with Gasteiger partial charge in [-0.05, 0) is 31.4 Å². The molecule has 1 aromatic carbocycles. The van der Waals surface area contributed by atoms with Crippen LogP contribution in [0.4, 0.5) is 0 Å². The highest BCUT2D eigenvalue weighted by Crippen LogP contribution is 2.28. The van der Waals surface area contributed by atoms with Crippen LogP contribution in [0.25, 0.3) is 0 Å². The molecule has 1 fully saturated rings. The molecule has 116 valence electrons. The van der Waals surface area contributed by atoms with Gasteiger partial charge in [-0.1, -0.05) is 38.0 Å². The van der Waals surface area contributed by atoms with Gasteiger partial charge in [-0.25, -0.2) is 0 Å². The quantitative estimate of drug-likeness (QED) is 0.745. The molecule has 0 radical (unpaired) electrons. The molecule has 0 aliphatic heterocycles. The highest BCUT2D eigenvalue weighted by atomic mass is 32.2. The molecule has 1 N–H and O–H groups in total. The van der Waals surface area contributed by atoms with E-state index in [1.54, 1.807) is 0 Å². The number of hydrogen-bond acceptors (Lipinski definition) is 3. The third-order valence-electron chi connectivity index (χ3n) is 3.74. The van der Waals surface area contributed by atoms with Crippen molar-refractivity contribution < 1.29 is 9.53 Å². The lowest BCUT2D eigenvalue weighted by Gasteiger charge is -2.17. The van der Waals surface area contributed by atoms with Crippen LogP contribution < -0.4 is 10.1 Å². The van der Waals surface area contributed by atoms with Gasteiger partial charge in [0.25, 0.3) is 5.91 Å². The fourth-order valence-electron chi connectivity index (χ4n) is 2.55. The minimum absolute atomic E-state index is 0.00613. The van der Waals surface area contributed by atoms with Gasteiger partial charge in [0.15, 0.2) is 6.10 Å². The Morgan fingerprint density at radius 1 is 1.33 bits per heavy atom. The zero-order valence-corrected chi connectivity index (χ0v) is 13.5. The summed E-state index contributed by atoms with van der Waals surface area (Å²) in [6.07, 6.45) is 5.69. The minimum atomic E-state index is -0.399. The summed E-state index contributed by atoms with van der Waals surface area (Å²) in [4.78, 5) is 12.1. The summed E-state index contributed by atoms with van der Waals surface area (Å²) in [5.74, 6) is 1.74. The van der Waals surface area contributed by atoms with Crippen LogP contribution in [-0.2, 0) is 4.79 Å². The second-order valence-corrected chi connectivity index (χ2v) is 6.80. The number of amides is 1. The first-order valence-electron chi connectivity index (χ1n) is 7.90. The Balaban J connectivity index is 1.67. The smallest absolute Gasteiger partial charge is 0.261 e. The molecule has 0 saturated heterocycles. The van der Waals surface area contributed by atoms with E-state index in [0.29, 0.717) is 6.42 Å². The molecule has 0 bridgehead atoms. The van der Waals surface area contributed by atoms with Crippen LogP contribution >= 0.6 is 11.8 Å². The molecule has 2 rings (SSSR count). The molecule has 1 aliphatic rings. The van der Waals surface area contributed by atoms with Gasteiger partial charge >= 0.3 is 0 Å². The Labute approximate surface area is 131 Å². The van der Waals surface area contributed by atoms with Gasteiger partial charge in [0.2, 0.25) is 0 Å². The molecule has 3 nitrogen and oxygen atoms in total. The number of nitrogens with one attached hydrogen (secondary N) is 1. The number of ether oxygens (including phenoxy) is 1. The number of hydrogen-bond donors (Lipinski definition) is 1. The van der Waals surface area contributed by atoms with Crippen molar-refractivity contribution in [3.8, 4) is 5.75 Å². The number of thioether (sulfide) groups is 1. The van der Waals surface area contributed by atoms with E-state index in [2.05, 4.69) is 5.32 Å². The molecule has 1 aromatic rings. The molecule has 4 heteroatoms. The molecule has 1 amide bonds. The third kappa shape index (κ3) is 5.62. The summed E-state index contributed by atoms with van der Waals surface area (Å²) in [7, 11) is 0. The molecule has 0 spiro atoms. The van der Waals surface area contributed by atoms with E-state index >= 15 is 0 Å². The van der Waals surface area contributed by atoms with Gasteiger partial charge in [0.05, 0.1) is 0 Å². The number of para-hydroxylation sites is 1. The molecule has 0 aromatic heterocycles. The average molecular weight is 307 g/mol. The summed E-state index contributed by atoms with van der Waals surface area (Å²) >= 11 is 1.99. The van der Waals surface area contributed by atoms with Crippen molar-refractivity contribution in [3.63, 3.8) is 0 Å². The topological polar surface area (TPSA) is 38.3 Å². The van der Waals surface area contributed by atoms with Crippen LogP contribution in [0.2, 0.25) is 0 Å². The second kappa shape index (κ2) is 8.98. The van der Waals surface area contributed by atoms with Gasteiger partial charge in [0.1, 0.15) is 5.75 Å². The third-order valence-corrected chi connectivity index (χ3v) is 5.12. The van der Waals surface area contributed by atoms with E-state index in [1.807, 2.05) is 49.0 Å². The molecule has 0 unspecified atom stereocenters. The summed E-state index contributed by atoms with van der Waals surface area (Å²) in [6, 6.07) is 9.53. The number of rotatable bonds is 8. The van der Waals surface area contributed by atoms with Crippen LogP contribution in [-0.4, -0.2) is 29.6 Å². The van der Waals surface area contributed by atoms with E-state index in [-0.39, 0.29) is 5.91 Å². The molecule has 0 heterocycles. The average Bonchev–Trinajstić information content (AvgIpc) is 3.03. The summed E-state index contributed by atoms with van der Waals surface area (Å²) in [5.41, 5.74) is 0. The molecule has 1 atom stereocenters. The largest absolute Gasteiger partial charge is 0.481 e. The predicted octanol–water partition coefficient (Wildman–Crippen LogP) is 3.64. The monoisotopic (exact) mass is 307 g/mol. The van der Waals surface area contributed by atoms with Crippen LogP contribution in [0.3, 0.4) is 0 Å². The number of carbonyl (C=O) groups excluding carboxylic acids is 1. The SMILES string of the molecule is CC[C@@H](Oc1ccccc1)C(=O)NCCSC1CCCC1. The molecular weight excluding hydrogens is 282 g/mol. The molecule has 1 aliphatic carbocycles. The first-order chi connectivity index (χ1) is 10.3. The molecular formula is C17H25NO2S. The van der Waals surface area contributed by atoms with Crippen molar-refractivity contribution in [2.75, 3.05) is 12.3 Å². The maximum atomic E-state index is 12.1. The Morgan fingerprint density at radius 2 is 2.05 bits per heavy atom. The summed E-state index contributed by atoms with van der Waals surface area (Å²) in [6.45, 7) is 2.70. The maximum Gasteiger partial charge on any atom is 0.261 e. The first kappa shape index (κ1) is 16.2. The van der Waals surface area contributed by atoms with E-state index in [0.717, 1.165) is 23.3 Å². The summed E-state index contributed by atoms with van der Waals surface area (Å²) < 4.78 is 5.74. The number of carbonyl (C=O) groups is 1. The van der Waals surface area contributed by atoms with Gasteiger partial charge in [-0.15, -0.1) is 0 Å². The van der Waals surface area contributed by atoms with Crippen molar-refractivity contribution in [3.05, 3.63) is 30.3 Å². The Bertz CT molecular complexity index is 418. The normalized spacial score (nSPS) is 16.6. The standard InChI is InChI=1S/C17H25NO2S/c1-2-16(20-14-8-4-3-5-9-14)17(19)18-12-13-21-15-10-6-7-11-15/h3-5,8-9,15-16H,2,6-7,10-13H2,1H3,(H,18,19)/t16-/m1/s1. The van der Waals surface area contributed by atoms with Crippen molar-refractivity contribution >= 4 is 17.7 Å². The summed E-state index contributed by atoms with van der Waals surface area (Å²) in [5, 5.41) is 3.80. The van der Waals surface area contributed by atoms with Crippen LogP contribution in [0, 0.1) is 0 Å². The van der Waals surface area contributed by atoms with Gasteiger partial charge in [0, 0.05) is 17.5 Å². The van der Waals surface area contributed by atoms with E-state index in [4.69, 9.17) is 4.74 Å². The highest BCUT2D eigenvalue weighted by Gasteiger charge is 2.18. The van der Waals surface area contributed by atoms with E-state index < -0.39 is 6.10 Å². The van der Waals surface area contributed by atoms with Crippen LogP contribution in [0.1, 0.15) is 39.0 Å². The van der Waals surface area contributed by atoms with E-state index in [9.17, 15) is 4.79 Å². The van der Waals surface area contributed by atoms with Crippen LogP contribution in [0.15, 0.2) is 30.3 Å². The molecule has 1 saturated carbocycles. The van der Waals surface area contributed by atoms with Crippen molar-refractivity contribution in [2.24, 2.45) is 0 Å². The van der Waals surface area contributed by atoms with Crippen LogP contribution in [0.5, 0.6) is 5.75 Å². The Hall–Kier alpha value is -1.16. The van der Waals surface area contributed by atoms with Crippen molar-refractivity contribution in [1.82, 2.24) is 5.32 Å². The first-order valence-corrected chi connectivity index (χ1v) is 8.95. The fourth-order valence-corrected chi connectivity index (χ4v) is 3.77. The van der Waals surface area contributed by atoms with Crippen molar-refractivity contribution in [1.29, 1.82) is 0 Å². The van der Waals surface area contributed by atoms with E-state index in [1.165, 1.54) is 25.7 Å².